The van der Waals surface area contributed by atoms with E-state index >= 15 is 0 Å². The Bertz CT molecular complexity index is 894. The molecule has 0 aliphatic carbocycles. The van der Waals surface area contributed by atoms with Gasteiger partial charge in [0, 0.05) is 28.5 Å². The van der Waals surface area contributed by atoms with Gasteiger partial charge in [-0.3, -0.25) is 4.21 Å². The molecule has 0 N–H and O–H groups in total. The van der Waals surface area contributed by atoms with Gasteiger partial charge in [0.15, 0.2) is 9.84 Å². The van der Waals surface area contributed by atoms with Crippen LogP contribution in [0.4, 0.5) is 4.39 Å². The maximum atomic E-state index is 13.0. The van der Waals surface area contributed by atoms with Gasteiger partial charge in [0.05, 0.1) is 10.1 Å². The van der Waals surface area contributed by atoms with Crippen molar-refractivity contribution in [2.45, 2.75) is 34.3 Å². The quantitative estimate of drug-likeness (QED) is 0.683. The monoisotopic (exact) mass is 445 g/mol. The van der Waals surface area contributed by atoms with Gasteiger partial charge in [0.1, 0.15) is 5.82 Å². The highest BCUT2D eigenvalue weighted by Crippen LogP contribution is 2.25. The summed E-state index contributed by atoms with van der Waals surface area (Å²) in [6.45, 7) is 2.32. The van der Waals surface area contributed by atoms with Crippen molar-refractivity contribution in [2.24, 2.45) is 0 Å². The van der Waals surface area contributed by atoms with Gasteiger partial charge < -0.3 is 4.90 Å². The second kappa shape index (κ2) is 9.96. The van der Waals surface area contributed by atoms with E-state index in [-0.39, 0.29) is 23.5 Å². The molecule has 1 aliphatic heterocycles. The Morgan fingerprint density at radius 2 is 1.61 bits per heavy atom. The molecular weight excluding hydrogens is 421 g/mol. The van der Waals surface area contributed by atoms with Crippen LogP contribution >= 0.6 is 12.4 Å². The Labute approximate surface area is 174 Å². The molecule has 0 bridgehead atoms. The molecule has 0 amide bonds. The number of sulfone groups is 1. The average molecular weight is 446 g/mol. The van der Waals surface area contributed by atoms with Gasteiger partial charge in [0.25, 0.3) is 0 Å². The molecule has 28 heavy (non-hydrogen) atoms. The zero-order valence-electron chi connectivity index (χ0n) is 15.7. The van der Waals surface area contributed by atoms with Crippen LogP contribution < -0.4 is 0 Å². The second-order valence-electron chi connectivity index (χ2n) is 6.89. The van der Waals surface area contributed by atoms with Crippen LogP contribution in [0.1, 0.15) is 18.4 Å². The highest BCUT2D eigenvalue weighted by atomic mass is 35.5. The lowest BCUT2D eigenvalue weighted by Crippen LogP contribution is -2.40. The molecule has 2 aromatic rings. The van der Waals surface area contributed by atoms with E-state index in [2.05, 4.69) is 4.90 Å². The van der Waals surface area contributed by atoms with Crippen LogP contribution in [0.5, 0.6) is 0 Å². The summed E-state index contributed by atoms with van der Waals surface area (Å²) in [4.78, 5) is 3.20. The minimum absolute atomic E-state index is 0. The first kappa shape index (κ1) is 23.0. The zero-order chi connectivity index (χ0) is 19.4. The van der Waals surface area contributed by atoms with Gasteiger partial charge in [-0.05, 0) is 74.3 Å². The number of halogens is 2. The highest BCUT2D eigenvalue weighted by Gasteiger charge is 2.31. The Morgan fingerprint density at radius 3 is 2.14 bits per heavy atom. The molecule has 1 aliphatic rings. The highest BCUT2D eigenvalue weighted by molar-refractivity contribution is 7.92. The number of likely N-dealkylation sites (tertiary alicyclic amines) is 1. The van der Waals surface area contributed by atoms with Crippen molar-refractivity contribution in [1.29, 1.82) is 0 Å². The van der Waals surface area contributed by atoms with Crippen molar-refractivity contribution in [1.82, 2.24) is 4.90 Å². The van der Waals surface area contributed by atoms with E-state index in [1.165, 1.54) is 12.1 Å². The average Bonchev–Trinajstić information content (AvgIpc) is 2.68. The summed E-state index contributed by atoms with van der Waals surface area (Å²) >= 11 is 0. The molecule has 1 fully saturated rings. The van der Waals surface area contributed by atoms with Crippen molar-refractivity contribution in [3.05, 3.63) is 59.9 Å². The number of hydrogen-bond acceptors (Lipinski definition) is 4. The molecule has 4 nitrogen and oxygen atoms in total. The van der Waals surface area contributed by atoms with E-state index in [9.17, 15) is 17.0 Å². The first-order valence-corrected chi connectivity index (χ1v) is 12.1. The van der Waals surface area contributed by atoms with Crippen molar-refractivity contribution in [3.8, 4) is 0 Å². The van der Waals surface area contributed by atoms with Crippen LogP contribution in [-0.2, 0) is 27.1 Å². The van der Waals surface area contributed by atoms with Crippen molar-refractivity contribution in [2.75, 3.05) is 25.9 Å². The van der Waals surface area contributed by atoms with Crippen LogP contribution in [0, 0.1) is 5.82 Å². The first-order chi connectivity index (χ1) is 12.9. The van der Waals surface area contributed by atoms with Gasteiger partial charge >= 0.3 is 0 Å². The minimum Gasteiger partial charge on any atom is -0.303 e. The van der Waals surface area contributed by atoms with Crippen LogP contribution in [0.15, 0.2) is 58.3 Å². The molecule has 0 spiro atoms. The van der Waals surface area contributed by atoms with Crippen molar-refractivity contribution >= 4 is 33.0 Å². The normalized spacial score (nSPS) is 17.1. The molecule has 2 aromatic carbocycles. The maximum Gasteiger partial charge on any atom is 0.181 e. The van der Waals surface area contributed by atoms with Gasteiger partial charge in [0.2, 0.25) is 0 Å². The molecule has 1 unspecified atom stereocenters. The Kier molecular flexibility index (Phi) is 8.18. The lowest BCUT2D eigenvalue weighted by atomic mass is 10.1. The molecule has 154 valence electrons. The van der Waals surface area contributed by atoms with Crippen molar-refractivity contribution < 1.29 is 17.0 Å². The molecule has 1 atom stereocenters. The standard InChI is InChI=1S/C20H24FNO3S2.ClH/c1-26(23)18-6-8-19(9-7-18)27(24,25)20-11-14-22(15-12-20)13-10-16-2-4-17(21)5-3-16;/h2-9,20H,10-15H2,1H3;1H. The largest absolute Gasteiger partial charge is 0.303 e. The van der Waals surface area contributed by atoms with Crippen LogP contribution in [0.3, 0.4) is 0 Å². The van der Waals surface area contributed by atoms with E-state index < -0.39 is 20.6 Å². The number of benzene rings is 2. The molecule has 0 aromatic heterocycles. The molecule has 0 radical (unpaired) electrons. The van der Waals surface area contributed by atoms with Crippen LogP contribution in [-0.4, -0.2) is 48.7 Å². The number of nitrogens with zero attached hydrogens (tertiary/aromatic N) is 1. The van der Waals surface area contributed by atoms with Crippen LogP contribution in [0.2, 0.25) is 0 Å². The van der Waals surface area contributed by atoms with Gasteiger partial charge in [-0.1, -0.05) is 12.1 Å². The van der Waals surface area contributed by atoms with Gasteiger partial charge in [-0.25, -0.2) is 12.8 Å². The van der Waals surface area contributed by atoms with Crippen molar-refractivity contribution in [3.63, 3.8) is 0 Å². The summed E-state index contributed by atoms with van der Waals surface area (Å²) in [5.41, 5.74) is 1.08. The summed E-state index contributed by atoms with van der Waals surface area (Å²) in [5, 5.41) is -0.377. The van der Waals surface area contributed by atoms with E-state index in [1.807, 2.05) is 0 Å². The first-order valence-electron chi connectivity index (χ1n) is 9.00. The molecule has 3 rings (SSSR count). The predicted octanol–water partition coefficient (Wildman–Crippen LogP) is 3.47. The Hall–Kier alpha value is -1.28. The Balaban J connectivity index is 0.00000280. The topological polar surface area (TPSA) is 54.5 Å². The molecular formula is C20H25ClFNO3S2. The summed E-state index contributed by atoms with van der Waals surface area (Å²) in [6, 6.07) is 12.9. The summed E-state index contributed by atoms with van der Waals surface area (Å²) in [7, 11) is -4.48. The maximum absolute atomic E-state index is 13.0. The minimum atomic E-state index is -3.37. The second-order valence-corrected chi connectivity index (χ2v) is 10.5. The van der Waals surface area contributed by atoms with Gasteiger partial charge in [-0.2, -0.15) is 0 Å². The summed E-state index contributed by atoms with van der Waals surface area (Å²) in [6.07, 6.45) is 3.61. The fraction of sp³-hybridized carbons (Fsp3) is 0.400. The van der Waals surface area contributed by atoms with Gasteiger partial charge in [-0.15, -0.1) is 12.4 Å². The lowest BCUT2D eigenvalue weighted by molar-refractivity contribution is 0.232. The SMILES string of the molecule is CS(=O)c1ccc(S(=O)(=O)C2CCN(CCc3ccc(F)cc3)CC2)cc1.Cl. The summed E-state index contributed by atoms with van der Waals surface area (Å²) in [5.74, 6) is -0.233. The molecule has 0 saturated carbocycles. The Morgan fingerprint density at radius 1 is 1.04 bits per heavy atom. The lowest BCUT2D eigenvalue weighted by Gasteiger charge is -2.31. The fourth-order valence-electron chi connectivity index (χ4n) is 3.39. The summed E-state index contributed by atoms with van der Waals surface area (Å²) < 4.78 is 50.1. The number of hydrogen-bond donors (Lipinski definition) is 0. The molecule has 1 saturated heterocycles. The van der Waals surface area contributed by atoms with E-state index in [4.69, 9.17) is 0 Å². The molecule has 8 heteroatoms. The predicted molar refractivity (Wildman–Crippen MR) is 113 cm³/mol. The fourth-order valence-corrected chi connectivity index (χ4v) is 5.65. The van der Waals surface area contributed by atoms with Crippen LogP contribution in [0.25, 0.3) is 0 Å². The third kappa shape index (κ3) is 5.63. The molecule has 1 heterocycles. The third-order valence-electron chi connectivity index (χ3n) is 5.09. The number of piperidine rings is 1. The zero-order valence-corrected chi connectivity index (χ0v) is 18.2. The third-order valence-corrected chi connectivity index (χ3v) is 8.30. The number of rotatable bonds is 6. The smallest absolute Gasteiger partial charge is 0.181 e. The van der Waals surface area contributed by atoms with E-state index in [0.29, 0.717) is 22.6 Å². The van der Waals surface area contributed by atoms with E-state index in [1.54, 1.807) is 42.7 Å². The van der Waals surface area contributed by atoms with E-state index in [0.717, 1.165) is 31.6 Å².